The lowest BCUT2D eigenvalue weighted by molar-refractivity contribution is 0.183. The third kappa shape index (κ3) is 5.56. The molecule has 0 unspecified atom stereocenters. The minimum atomic E-state index is 0.254. The molecule has 6 rings (SSSR count). The molecular formula is C35H36N2O3. The van der Waals surface area contributed by atoms with Crippen molar-refractivity contribution in [2.24, 2.45) is 0 Å². The number of benzene rings is 4. The van der Waals surface area contributed by atoms with E-state index in [1.807, 2.05) is 24.3 Å². The molecule has 5 aromatic rings. The van der Waals surface area contributed by atoms with Gasteiger partial charge in [-0.1, -0.05) is 48.9 Å². The summed E-state index contributed by atoms with van der Waals surface area (Å²) in [5.74, 6) is 1.42. The van der Waals surface area contributed by atoms with Gasteiger partial charge in [0.2, 0.25) is 0 Å². The number of hydrogen-bond acceptors (Lipinski definition) is 4. The number of phenols is 2. The van der Waals surface area contributed by atoms with Crippen LogP contribution in [0, 0.1) is 6.92 Å². The summed E-state index contributed by atoms with van der Waals surface area (Å²) in [6.07, 6.45) is 3.94. The van der Waals surface area contributed by atoms with E-state index in [4.69, 9.17) is 4.74 Å². The number of aryl methyl sites for hydroxylation is 1. The molecule has 1 aliphatic rings. The van der Waals surface area contributed by atoms with Gasteiger partial charge in [-0.05, 0) is 104 Å². The molecule has 2 N–H and O–H groups in total. The maximum Gasteiger partial charge on any atom is 0.119 e. The summed E-state index contributed by atoms with van der Waals surface area (Å²) in [4.78, 5) is 2.49. The van der Waals surface area contributed by atoms with Crippen LogP contribution in [0.1, 0.15) is 30.4 Å². The monoisotopic (exact) mass is 532 g/mol. The molecule has 4 aromatic carbocycles. The van der Waals surface area contributed by atoms with E-state index < -0.39 is 0 Å². The molecule has 0 radical (unpaired) electrons. The van der Waals surface area contributed by atoms with Crippen LogP contribution in [0.3, 0.4) is 0 Å². The molecule has 5 nitrogen and oxygen atoms in total. The summed E-state index contributed by atoms with van der Waals surface area (Å²) < 4.78 is 8.40. The minimum absolute atomic E-state index is 0.254. The zero-order valence-electron chi connectivity index (χ0n) is 23.0. The molecular weight excluding hydrogens is 496 g/mol. The number of phenolic OH excluding ortho intramolecular Hbond substituents is 2. The number of fused-ring (bicyclic) bond motifs is 1. The van der Waals surface area contributed by atoms with Crippen LogP contribution in [-0.2, 0) is 6.54 Å². The normalized spacial score (nSPS) is 14.0. The minimum Gasteiger partial charge on any atom is -0.508 e. The first-order valence-electron chi connectivity index (χ1n) is 14.2. The second-order valence-corrected chi connectivity index (χ2v) is 10.8. The van der Waals surface area contributed by atoms with E-state index in [-0.39, 0.29) is 11.5 Å². The summed E-state index contributed by atoms with van der Waals surface area (Å²) in [5.41, 5.74) is 7.72. The highest BCUT2D eigenvalue weighted by atomic mass is 16.5. The molecule has 1 fully saturated rings. The fourth-order valence-electron chi connectivity index (χ4n) is 5.89. The van der Waals surface area contributed by atoms with Gasteiger partial charge >= 0.3 is 0 Å². The lowest BCUT2D eigenvalue weighted by Gasteiger charge is -2.26. The van der Waals surface area contributed by atoms with Crippen molar-refractivity contribution in [2.45, 2.75) is 32.7 Å². The van der Waals surface area contributed by atoms with Gasteiger partial charge in [0.15, 0.2) is 0 Å². The Morgan fingerprint density at radius 1 is 0.725 bits per heavy atom. The van der Waals surface area contributed by atoms with Crippen molar-refractivity contribution in [3.63, 3.8) is 0 Å². The zero-order valence-corrected chi connectivity index (χ0v) is 23.0. The van der Waals surface area contributed by atoms with E-state index in [9.17, 15) is 10.2 Å². The summed E-state index contributed by atoms with van der Waals surface area (Å²) in [7, 11) is 0. The predicted molar refractivity (Wildman–Crippen MR) is 162 cm³/mol. The van der Waals surface area contributed by atoms with Crippen LogP contribution >= 0.6 is 0 Å². The number of likely N-dealkylation sites (tertiary alicyclic amines) is 1. The predicted octanol–water partition coefficient (Wildman–Crippen LogP) is 7.61. The molecule has 0 spiro atoms. The molecule has 204 valence electrons. The first-order chi connectivity index (χ1) is 19.5. The van der Waals surface area contributed by atoms with Gasteiger partial charge in [0.25, 0.3) is 0 Å². The quantitative estimate of drug-likeness (QED) is 0.216. The second-order valence-electron chi connectivity index (χ2n) is 10.8. The van der Waals surface area contributed by atoms with Crippen LogP contribution in [0.25, 0.3) is 33.3 Å². The van der Waals surface area contributed by atoms with E-state index in [0.717, 1.165) is 40.2 Å². The van der Waals surface area contributed by atoms with Gasteiger partial charge in [-0.25, -0.2) is 0 Å². The highest BCUT2D eigenvalue weighted by Crippen LogP contribution is 2.37. The number of rotatable bonds is 8. The van der Waals surface area contributed by atoms with Gasteiger partial charge in [0, 0.05) is 29.6 Å². The Bertz CT molecular complexity index is 1600. The number of ether oxygens (including phenoxy) is 1. The smallest absolute Gasteiger partial charge is 0.119 e. The van der Waals surface area contributed by atoms with Crippen LogP contribution < -0.4 is 4.74 Å². The zero-order chi connectivity index (χ0) is 27.5. The van der Waals surface area contributed by atoms with Gasteiger partial charge in [0.05, 0.1) is 5.69 Å². The van der Waals surface area contributed by atoms with Crippen LogP contribution in [0.4, 0.5) is 0 Å². The molecule has 0 saturated carbocycles. The number of aromatic hydroxyl groups is 2. The van der Waals surface area contributed by atoms with E-state index in [0.29, 0.717) is 13.2 Å². The maximum atomic E-state index is 10.3. The van der Waals surface area contributed by atoms with Crippen molar-refractivity contribution in [2.75, 3.05) is 26.2 Å². The van der Waals surface area contributed by atoms with Crippen LogP contribution in [0.2, 0.25) is 0 Å². The van der Waals surface area contributed by atoms with E-state index in [1.165, 1.54) is 48.9 Å². The fraction of sp³-hybridized carbons (Fsp3) is 0.257. The Balaban J connectivity index is 1.30. The number of piperidine rings is 1. The molecule has 1 aromatic heterocycles. The van der Waals surface area contributed by atoms with E-state index >= 15 is 0 Å². The average molecular weight is 533 g/mol. The Kier molecular flexibility index (Phi) is 7.47. The summed E-state index contributed by atoms with van der Waals surface area (Å²) in [5, 5.41) is 21.2. The third-order valence-electron chi connectivity index (χ3n) is 8.03. The van der Waals surface area contributed by atoms with Crippen molar-refractivity contribution in [3.05, 3.63) is 102 Å². The second kappa shape index (κ2) is 11.5. The molecule has 0 bridgehead atoms. The van der Waals surface area contributed by atoms with Crippen molar-refractivity contribution in [3.8, 4) is 39.6 Å². The van der Waals surface area contributed by atoms with Crippen LogP contribution in [0.5, 0.6) is 17.2 Å². The van der Waals surface area contributed by atoms with Crippen LogP contribution in [-0.4, -0.2) is 45.9 Å². The van der Waals surface area contributed by atoms with Gasteiger partial charge in [-0.3, -0.25) is 4.90 Å². The molecule has 0 atom stereocenters. The highest BCUT2D eigenvalue weighted by Gasteiger charge is 2.18. The lowest BCUT2D eigenvalue weighted by atomic mass is 10.0. The van der Waals surface area contributed by atoms with Gasteiger partial charge < -0.3 is 19.5 Å². The molecule has 0 aliphatic carbocycles. The molecule has 1 aliphatic heterocycles. The summed E-state index contributed by atoms with van der Waals surface area (Å²) >= 11 is 0. The maximum absolute atomic E-state index is 10.3. The van der Waals surface area contributed by atoms with Gasteiger partial charge in [0.1, 0.15) is 23.9 Å². The van der Waals surface area contributed by atoms with Crippen molar-refractivity contribution < 1.29 is 14.9 Å². The molecule has 2 heterocycles. The van der Waals surface area contributed by atoms with Crippen molar-refractivity contribution in [1.82, 2.24) is 9.47 Å². The van der Waals surface area contributed by atoms with E-state index in [1.54, 1.807) is 18.2 Å². The van der Waals surface area contributed by atoms with Gasteiger partial charge in [-0.2, -0.15) is 0 Å². The summed E-state index contributed by atoms with van der Waals surface area (Å²) in [6, 6.07) is 29.8. The lowest BCUT2D eigenvalue weighted by Crippen LogP contribution is -2.33. The van der Waals surface area contributed by atoms with Crippen LogP contribution in [0.15, 0.2) is 91.0 Å². The van der Waals surface area contributed by atoms with E-state index in [2.05, 4.69) is 64.9 Å². The number of hydrogen-bond donors (Lipinski definition) is 2. The topological polar surface area (TPSA) is 57.9 Å². The first-order valence-corrected chi connectivity index (χ1v) is 14.2. The summed E-state index contributed by atoms with van der Waals surface area (Å²) in [6.45, 7) is 6.91. The molecule has 0 amide bonds. The Labute approximate surface area is 235 Å². The first kappa shape index (κ1) is 26.0. The standard InChI is InChI=1S/C35H36N2O3/c1-25-33-23-28(27-10-13-30(38)14-11-27)12-17-34(33)37(35(25)29-6-5-7-31(39)22-29)24-26-8-15-32(16-9-26)40-21-20-36-18-3-2-4-19-36/h5-17,22-23,38-39H,2-4,18-21,24H2,1H3. The Hall–Kier alpha value is -4.22. The number of nitrogens with zero attached hydrogens (tertiary/aromatic N) is 2. The average Bonchev–Trinajstić information content (AvgIpc) is 3.25. The number of aromatic nitrogens is 1. The fourth-order valence-corrected chi connectivity index (χ4v) is 5.89. The Morgan fingerprint density at radius 2 is 1.48 bits per heavy atom. The molecule has 1 saturated heterocycles. The van der Waals surface area contributed by atoms with Crippen molar-refractivity contribution in [1.29, 1.82) is 0 Å². The highest BCUT2D eigenvalue weighted by molar-refractivity contribution is 5.94. The third-order valence-corrected chi connectivity index (χ3v) is 8.03. The SMILES string of the molecule is Cc1c(-c2cccc(O)c2)n(Cc2ccc(OCCN3CCCCC3)cc2)c2ccc(-c3ccc(O)cc3)cc12. The molecule has 40 heavy (non-hydrogen) atoms. The Morgan fingerprint density at radius 3 is 2.23 bits per heavy atom. The van der Waals surface area contributed by atoms with Crippen molar-refractivity contribution >= 4 is 10.9 Å². The van der Waals surface area contributed by atoms with Gasteiger partial charge in [-0.15, -0.1) is 0 Å². The largest absolute Gasteiger partial charge is 0.508 e. The molecule has 5 heteroatoms.